The third-order valence-corrected chi connectivity index (χ3v) is 3.58. The lowest BCUT2D eigenvalue weighted by Gasteiger charge is -2.10. The van der Waals surface area contributed by atoms with Crippen LogP contribution in [0.2, 0.25) is 0 Å². The first-order valence-corrected chi connectivity index (χ1v) is 6.88. The van der Waals surface area contributed by atoms with Crippen molar-refractivity contribution in [1.82, 2.24) is 9.78 Å². The highest BCUT2D eigenvalue weighted by Gasteiger charge is 2.15. The summed E-state index contributed by atoms with van der Waals surface area (Å²) in [6.45, 7) is 0. The van der Waals surface area contributed by atoms with Gasteiger partial charge in [-0.05, 0) is 18.2 Å². The van der Waals surface area contributed by atoms with Crippen molar-refractivity contribution in [3.05, 3.63) is 34.6 Å². The second-order valence-electron chi connectivity index (χ2n) is 4.37. The molecule has 20 heavy (non-hydrogen) atoms. The predicted octanol–water partition coefficient (Wildman–Crippen LogP) is 2.88. The maximum atomic E-state index is 10.8. The summed E-state index contributed by atoms with van der Waals surface area (Å²) in [5.41, 5.74) is 2.67. The molecule has 0 aliphatic heterocycles. The first-order chi connectivity index (χ1) is 9.52. The number of aryl methyl sites for hydroxylation is 1. The zero-order valence-corrected chi connectivity index (χ0v) is 12.8. The van der Waals surface area contributed by atoms with E-state index < -0.39 is 5.97 Å². The molecular weight excluding hydrogens is 324 g/mol. The Balaban J connectivity index is 2.47. The van der Waals surface area contributed by atoms with E-state index in [1.54, 1.807) is 18.0 Å². The normalized spacial score (nSPS) is 10.6. The number of hydrogen-bond acceptors (Lipinski definition) is 3. The Morgan fingerprint density at radius 2 is 2.20 bits per heavy atom. The standard InChI is InChI=1S/C14H15BrN2O3/c1-17-12(4-6-14(18)19)11(8-16-17)10-7-9(15)3-5-13(10)20-2/h3,5,7-8H,4,6H2,1-2H3,(H,18,19). The highest BCUT2D eigenvalue weighted by molar-refractivity contribution is 9.10. The van der Waals surface area contributed by atoms with Gasteiger partial charge in [0.15, 0.2) is 0 Å². The lowest BCUT2D eigenvalue weighted by Crippen LogP contribution is -2.04. The predicted molar refractivity (Wildman–Crippen MR) is 78.9 cm³/mol. The van der Waals surface area contributed by atoms with Gasteiger partial charge in [0.2, 0.25) is 0 Å². The number of halogens is 1. The van der Waals surface area contributed by atoms with Gasteiger partial charge in [-0.2, -0.15) is 5.10 Å². The smallest absolute Gasteiger partial charge is 0.303 e. The third kappa shape index (κ3) is 3.01. The zero-order valence-electron chi connectivity index (χ0n) is 11.3. The molecule has 1 heterocycles. The van der Waals surface area contributed by atoms with E-state index in [2.05, 4.69) is 21.0 Å². The topological polar surface area (TPSA) is 64.4 Å². The van der Waals surface area contributed by atoms with Crippen LogP contribution in [0.3, 0.4) is 0 Å². The van der Waals surface area contributed by atoms with E-state index in [-0.39, 0.29) is 6.42 Å². The molecular formula is C14H15BrN2O3. The van der Waals surface area contributed by atoms with Gasteiger partial charge < -0.3 is 9.84 Å². The molecule has 0 spiro atoms. The van der Waals surface area contributed by atoms with Gasteiger partial charge in [0.25, 0.3) is 0 Å². The maximum Gasteiger partial charge on any atom is 0.303 e. The molecule has 0 amide bonds. The van der Waals surface area contributed by atoms with Gasteiger partial charge in [-0.15, -0.1) is 0 Å². The van der Waals surface area contributed by atoms with Crippen LogP contribution in [0.25, 0.3) is 11.1 Å². The molecule has 0 saturated carbocycles. The summed E-state index contributed by atoms with van der Waals surface area (Å²) in [7, 11) is 3.42. The molecule has 6 heteroatoms. The van der Waals surface area contributed by atoms with Crippen molar-refractivity contribution in [2.45, 2.75) is 12.8 Å². The number of aromatic nitrogens is 2. The van der Waals surface area contributed by atoms with E-state index >= 15 is 0 Å². The number of carboxylic acid groups (broad SMARTS) is 1. The number of carbonyl (C=O) groups is 1. The molecule has 1 aromatic carbocycles. The molecule has 0 aliphatic carbocycles. The van der Waals surface area contributed by atoms with Crippen molar-refractivity contribution in [1.29, 1.82) is 0 Å². The lowest BCUT2D eigenvalue weighted by molar-refractivity contribution is -0.136. The Bertz CT molecular complexity index is 637. The summed E-state index contributed by atoms with van der Waals surface area (Å²) < 4.78 is 8.01. The molecule has 5 nitrogen and oxygen atoms in total. The average Bonchev–Trinajstić information content (AvgIpc) is 2.77. The zero-order chi connectivity index (χ0) is 14.7. The summed E-state index contributed by atoms with van der Waals surface area (Å²) in [6.07, 6.45) is 2.24. The van der Waals surface area contributed by atoms with Gasteiger partial charge >= 0.3 is 5.97 Å². The Hall–Kier alpha value is -1.82. The summed E-state index contributed by atoms with van der Waals surface area (Å²) in [5.74, 6) is -0.0869. The van der Waals surface area contributed by atoms with Crippen LogP contribution in [0.5, 0.6) is 5.75 Å². The van der Waals surface area contributed by atoms with Crippen molar-refractivity contribution in [2.75, 3.05) is 7.11 Å². The van der Waals surface area contributed by atoms with E-state index in [1.165, 1.54) is 0 Å². The van der Waals surface area contributed by atoms with Crippen molar-refractivity contribution >= 4 is 21.9 Å². The van der Waals surface area contributed by atoms with Crippen LogP contribution >= 0.6 is 15.9 Å². The minimum atomic E-state index is -0.821. The largest absolute Gasteiger partial charge is 0.496 e. The molecule has 0 aliphatic rings. The number of benzene rings is 1. The molecule has 0 atom stereocenters. The van der Waals surface area contributed by atoms with E-state index in [0.717, 1.165) is 27.0 Å². The lowest BCUT2D eigenvalue weighted by atomic mass is 10.0. The van der Waals surface area contributed by atoms with E-state index in [1.807, 2.05) is 25.2 Å². The van der Waals surface area contributed by atoms with Crippen LogP contribution in [0.15, 0.2) is 28.9 Å². The van der Waals surface area contributed by atoms with Crippen LogP contribution in [-0.2, 0) is 18.3 Å². The monoisotopic (exact) mass is 338 g/mol. The minimum Gasteiger partial charge on any atom is -0.496 e. The van der Waals surface area contributed by atoms with Crippen molar-refractivity contribution in [3.8, 4) is 16.9 Å². The first kappa shape index (κ1) is 14.6. The average molecular weight is 339 g/mol. The quantitative estimate of drug-likeness (QED) is 0.910. The van der Waals surface area contributed by atoms with Crippen molar-refractivity contribution in [3.63, 3.8) is 0 Å². The minimum absolute atomic E-state index is 0.0723. The highest BCUT2D eigenvalue weighted by atomic mass is 79.9. The molecule has 2 rings (SSSR count). The molecule has 2 aromatic rings. The van der Waals surface area contributed by atoms with E-state index in [4.69, 9.17) is 9.84 Å². The Morgan fingerprint density at radius 1 is 1.45 bits per heavy atom. The van der Waals surface area contributed by atoms with Crippen LogP contribution < -0.4 is 4.74 Å². The van der Waals surface area contributed by atoms with Gasteiger partial charge in [-0.1, -0.05) is 15.9 Å². The number of nitrogens with zero attached hydrogens (tertiary/aromatic N) is 2. The molecule has 106 valence electrons. The Morgan fingerprint density at radius 3 is 2.85 bits per heavy atom. The molecule has 0 saturated heterocycles. The number of hydrogen-bond donors (Lipinski definition) is 1. The molecule has 0 bridgehead atoms. The number of rotatable bonds is 5. The van der Waals surface area contributed by atoms with E-state index in [0.29, 0.717) is 6.42 Å². The number of methoxy groups -OCH3 is 1. The second kappa shape index (κ2) is 6.09. The van der Waals surface area contributed by atoms with Crippen LogP contribution in [0.4, 0.5) is 0 Å². The Labute approximate surface area is 125 Å². The SMILES string of the molecule is COc1ccc(Br)cc1-c1cnn(C)c1CCC(=O)O. The van der Waals surface area contributed by atoms with Gasteiger partial charge in [0, 0.05) is 34.8 Å². The number of carboxylic acids is 1. The second-order valence-corrected chi connectivity index (χ2v) is 5.28. The molecule has 0 unspecified atom stereocenters. The third-order valence-electron chi connectivity index (χ3n) is 3.09. The molecule has 1 N–H and O–H groups in total. The van der Waals surface area contributed by atoms with E-state index in [9.17, 15) is 4.79 Å². The van der Waals surface area contributed by atoms with Crippen molar-refractivity contribution < 1.29 is 14.6 Å². The van der Waals surface area contributed by atoms with Crippen LogP contribution in [0, 0.1) is 0 Å². The molecule has 0 fully saturated rings. The summed E-state index contributed by atoms with van der Waals surface area (Å²) >= 11 is 3.44. The van der Waals surface area contributed by atoms with Gasteiger partial charge in [0.1, 0.15) is 5.75 Å². The van der Waals surface area contributed by atoms with Crippen LogP contribution in [0.1, 0.15) is 12.1 Å². The maximum absolute atomic E-state index is 10.8. The molecule has 0 radical (unpaired) electrons. The fourth-order valence-corrected chi connectivity index (χ4v) is 2.46. The fraction of sp³-hybridized carbons (Fsp3) is 0.286. The molecule has 1 aromatic heterocycles. The summed E-state index contributed by atoms with van der Waals surface area (Å²) in [5, 5.41) is 13.1. The van der Waals surface area contributed by atoms with Gasteiger partial charge in [0.05, 0.1) is 19.7 Å². The number of aliphatic carboxylic acids is 1. The number of ether oxygens (including phenoxy) is 1. The van der Waals surface area contributed by atoms with Gasteiger partial charge in [-0.25, -0.2) is 0 Å². The van der Waals surface area contributed by atoms with Crippen molar-refractivity contribution in [2.24, 2.45) is 7.05 Å². The fourth-order valence-electron chi connectivity index (χ4n) is 2.10. The Kier molecular flexibility index (Phi) is 4.44. The first-order valence-electron chi connectivity index (χ1n) is 6.09. The summed E-state index contributed by atoms with van der Waals surface area (Å²) in [4.78, 5) is 10.8. The van der Waals surface area contributed by atoms with Crippen LogP contribution in [-0.4, -0.2) is 28.0 Å². The van der Waals surface area contributed by atoms with Gasteiger partial charge in [-0.3, -0.25) is 9.48 Å². The summed E-state index contributed by atoms with van der Waals surface area (Å²) in [6, 6.07) is 5.71. The highest BCUT2D eigenvalue weighted by Crippen LogP contribution is 2.34.